The summed E-state index contributed by atoms with van der Waals surface area (Å²) in [4.78, 5) is 11.9. The Kier molecular flexibility index (Phi) is 5.87. The van der Waals surface area contributed by atoms with Crippen LogP contribution in [0.15, 0.2) is 0 Å². The normalized spacial score (nSPS) is 20.7. The van der Waals surface area contributed by atoms with Gasteiger partial charge < -0.3 is 15.4 Å². The molecule has 1 rings (SSSR count). The second-order valence-corrected chi connectivity index (χ2v) is 7.32. The summed E-state index contributed by atoms with van der Waals surface area (Å²) < 4.78 is 5.37. The number of carbonyl (C=O) groups is 1. The smallest absolute Gasteiger partial charge is 0.408 e. The van der Waals surface area contributed by atoms with Gasteiger partial charge in [0.1, 0.15) is 5.60 Å². The molecule has 0 aromatic rings. The second kappa shape index (κ2) is 6.79. The number of alkyl carbamates (subject to hydrolysis) is 1. The lowest BCUT2D eigenvalue weighted by Crippen LogP contribution is -2.61. The maximum absolute atomic E-state index is 11.9. The van der Waals surface area contributed by atoms with Gasteiger partial charge in [0.05, 0.1) is 5.54 Å². The van der Waals surface area contributed by atoms with Crippen LogP contribution in [-0.2, 0) is 4.74 Å². The third-order valence-corrected chi connectivity index (χ3v) is 4.34. The van der Waals surface area contributed by atoms with Crippen LogP contribution in [0.2, 0.25) is 0 Å². The summed E-state index contributed by atoms with van der Waals surface area (Å²) in [5, 5.41) is 6.65. The van der Waals surface area contributed by atoms with Crippen LogP contribution in [0.1, 0.15) is 67.2 Å². The van der Waals surface area contributed by atoms with E-state index in [9.17, 15) is 4.79 Å². The molecule has 0 radical (unpaired) electrons. The van der Waals surface area contributed by atoms with Gasteiger partial charge in [-0.1, -0.05) is 20.3 Å². The molecule has 0 bridgehead atoms. The van der Waals surface area contributed by atoms with Gasteiger partial charge in [-0.25, -0.2) is 4.79 Å². The average Bonchev–Trinajstić information content (AvgIpc) is 2.28. The lowest BCUT2D eigenvalue weighted by molar-refractivity contribution is 0.0377. The molecular weight excluding hydrogens is 252 g/mol. The molecular formula is C16H32N2O2. The minimum absolute atomic E-state index is 0.107. The van der Waals surface area contributed by atoms with Crippen molar-refractivity contribution < 1.29 is 9.53 Å². The summed E-state index contributed by atoms with van der Waals surface area (Å²) in [6, 6.07) is 0.470. The lowest BCUT2D eigenvalue weighted by atomic mass is 9.76. The fourth-order valence-electron chi connectivity index (χ4n) is 2.38. The van der Waals surface area contributed by atoms with Crippen LogP contribution in [-0.4, -0.2) is 29.8 Å². The Labute approximate surface area is 124 Å². The first kappa shape index (κ1) is 17.3. The van der Waals surface area contributed by atoms with Crippen molar-refractivity contribution in [1.29, 1.82) is 0 Å². The van der Waals surface area contributed by atoms with E-state index in [-0.39, 0.29) is 11.6 Å². The fourth-order valence-corrected chi connectivity index (χ4v) is 2.38. The predicted molar refractivity (Wildman–Crippen MR) is 82.9 cm³/mol. The molecule has 0 aromatic carbocycles. The molecule has 0 spiro atoms. The van der Waals surface area contributed by atoms with Gasteiger partial charge >= 0.3 is 6.09 Å². The molecule has 4 nitrogen and oxygen atoms in total. The van der Waals surface area contributed by atoms with Crippen molar-refractivity contribution in [3.05, 3.63) is 0 Å². The molecule has 1 fully saturated rings. The van der Waals surface area contributed by atoms with Crippen molar-refractivity contribution in [3.8, 4) is 0 Å². The van der Waals surface area contributed by atoms with Crippen molar-refractivity contribution in [2.24, 2.45) is 5.92 Å². The monoisotopic (exact) mass is 284 g/mol. The quantitative estimate of drug-likeness (QED) is 0.785. The summed E-state index contributed by atoms with van der Waals surface area (Å²) in [7, 11) is 0. The summed E-state index contributed by atoms with van der Waals surface area (Å²) in [6.07, 6.45) is 4.12. The first-order valence-electron chi connectivity index (χ1n) is 7.92. The summed E-state index contributed by atoms with van der Waals surface area (Å²) in [6.45, 7) is 13.2. The Morgan fingerprint density at radius 1 is 1.30 bits per heavy atom. The predicted octanol–water partition coefficient (Wildman–Crippen LogP) is 3.46. The molecule has 1 aliphatic rings. The zero-order chi connectivity index (χ0) is 15.4. The van der Waals surface area contributed by atoms with Crippen LogP contribution in [0, 0.1) is 5.92 Å². The van der Waals surface area contributed by atoms with E-state index < -0.39 is 5.60 Å². The highest BCUT2D eigenvalue weighted by atomic mass is 16.6. The largest absolute Gasteiger partial charge is 0.444 e. The van der Waals surface area contributed by atoms with E-state index in [4.69, 9.17) is 4.74 Å². The average molecular weight is 284 g/mol. The van der Waals surface area contributed by atoms with Crippen LogP contribution in [0.25, 0.3) is 0 Å². The Morgan fingerprint density at radius 2 is 1.90 bits per heavy atom. The van der Waals surface area contributed by atoms with E-state index in [1.165, 1.54) is 12.8 Å². The molecule has 2 N–H and O–H groups in total. The van der Waals surface area contributed by atoms with Crippen LogP contribution < -0.4 is 10.6 Å². The van der Waals surface area contributed by atoms with Crippen LogP contribution >= 0.6 is 0 Å². The van der Waals surface area contributed by atoms with Gasteiger partial charge in [0, 0.05) is 12.6 Å². The highest BCUT2D eigenvalue weighted by molar-refractivity contribution is 5.69. The maximum atomic E-state index is 11.9. The highest BCUT2D eigenvalue weighted by Crippen LogP contribution is 2.32. The van der Waals surface area contributed by atoms with E-state index in [1.54, 1.807) is 0 Å². The second-order valence-electron chi connectivity index (χ2n) is 7.32. The number of rotatable bonds is 6. The van der Waals surface area contributed by atoms with E-state index in [0.29, 0.717) is 12.0 Å². The molecule has 0 saturated heterocycles. The zero-order valence-electron chi connectivity index (χ0n) is 14.0. The first-order chi connectivity index (χ1) is 9.17. The minimum atomic E-state index is -0.438. The number of hydrogen-bond acceptors (Lipinski definition) is 3. The minimum Gasteiger partial charge on any atom is -0.444 e. The van der Waals surface area contributed by atoms with Gasteiger partial charge in [-0.05, 0) is 52.9 Å². The molecule has 2 unspecified atom stereocenters. The standard InChI is InChI=1S/C16H32N2O2/c1-7-12(2)13(3)17-11-16(9-8-10-16)18-14(19)20-15(4,5)6/h12-13,17H,7-11H2,1-6H3,(H,18,19). The van der Waals surface area contributed by atoms with Crippen molar-refractivity contribution >= 4 is 6.09 Å². The third-order valence-electron chi connectivity index (χ3n) is 4.34. The molecule has 118 valence electrons. The molecule has 1 amide bonds. The van der Waals surface area contributed by atoms with Gasteiger partial charge in [0.15, 0.2) is 0 Å². The fraction of sp³-hybridized carbons (Fsp3) is 0.938. The Balaban J connectivity index is 2.45. The van der Waals surface area contributed by atoms with Crippen LogP contribution in [0.3, 0.4) is 0 Å². The number of amides is 1. The first-order valence-corrected chi connectivity index (χ1v) is 7.92. The van der Waals surface area contributed by atoms with Crippen molar-refractivity contribution in [2.45, 2.75) is 84.4 Å². The Morgan fingerprint density at radius 3 is 2.30 bits per heavy atom. The molecule has 2 atom stereocenters. The Bertz CT molecular complexity index is 319. The summed E-state index contributed by atoms with van der Waals surface area (Å²) in [5.41, 5.74) is -0.545. The Hall–Kier alpha value is -0.770. The van der Waals surface area contributed by atoms with Gasteiger partial charge in [-0.3, -0.25) is 0 Å². The van der Waals surface area contributed by atoms with Crippen LogP contribution in [0.4, 0.5) is 4.79 Å². The SMILES string of the molecule is CCC(C)C(C)NCC1(NC(=O)OC(C)(C)C)CCC1. The molecule has 4 heteroatoms. The number of hydrogen-bond donors (Lipinski definition) is 2. The number of nitrogens with one attached hydrogen (secondary N) is 2. The molecule has 20 heavy (non-hydrogen) atoms. The summed E-state index contributed by atoms with van der Waals surface area (Å²) in [5.74, 6) is 0.647. The van der Waals surface area contributed by atoms with Gasteiger partial charge in [0.25, 0.3) is 0 Å². The number of ether oxygens (including phenoxy) is 1. The van der Waals surface area contributed by atoms with E-state index in [2.05, 4.69) is 31.4 Å². The van der Waals surface area contributed by atoms with Gasteiger partial charge in [-0.2, -0.15) is 0 Å². The van der Waals surface area contributed by atoms with E-state index in [0.717, 1.165) is 19.4 Å². The molecule has 1 aliphatic carbocycles. The summed E-state index contributed by atoms with van der Waals surface area (Å²) >= 11 is 0. The van der Waals surface area contributed by atoms with E-state index in [1.807, 2.05) is 20.8 Å². The maximum Gasteiger partial charge on any atom is 0.408 e. The highest BCUT2D eigenvalue weighted by Gasteiger charge is 2.39. The van der Waals surface area contributed by atoms with Crippen molar-refractivity contribution in [3.63, 3.8) is 0 Å². The third kappa shape index (κ3) is 5.31. The number of carbonyl (C=O) groups excluding carboxylic acids is 1. The van der Waals surface area contributed by atoms with Crippen molar-refractivity contribution in [1.82, 2.24) is 10.6 Å². The molecule has 0 aliphatic heterocycles. The van der Waals surface area contributed by atoms with Crippen LogP contribution in [0.5, 0.6) is 0 Å². The lowest BCUT2D eigenvalue weighted by Gasteiger charge is -2.43. The van der Waals surface area contributed by atoms with Gasteiger partial charge in [-0.15, -0.1) is 0 Å². The molecule has 0 aromatic heterocycles. The van der Waals surface area contributed by atoms with Gasteiger partial charge in [0.2, 0.25) is 0 Å². The zero-order valence-corrected chi connectivity index (χ0v) is 14.0. The van der Waals surface area contributed by atoms with E-state index >= 15 is 0 Å². The topological polar surface area (TPSA) is 50.4 Å². The molecule has 0 heterocycles. The molecule has 1 saturated carbocycles. The van der Waals surface area contributed by atoms with Crippen molar-refractivity contribution in [2.75, 3.05) is 6.54 Å².